The van der Waals surface area contributed by atoms with E-state index in [1.54, 1.807) is 11.6 Å². The molecule has 9 heteroatoms. The first-order valence-electron chi connectivity index (χ1n) is 14.5. The predicted molar refractivity (Wildman–Crippen MR) is 151 cm³/mol. The topological polar surface area (TPSA) is 89.7 Å². The molecule has 1 N–H and O–H groups in total. The van der Waals surface area contributed by atoms with Gasteiger partial charge in [-0.15, -0.1) is 0 Å². The van der Waals surface area contributed by atoms with Gasteiger partial charge in [0.15, 0.2) is 11.4 Å². The van der Waals surface area contributed by atoms with E-state index in [1.807, 2.05) is 16.8 Å². The summed E-state index contributed by atoms with van der Waals surface area (Å²) in [5.74, 6) is 0.948. The molecule has 1 aliphatic carbocycles. The molecule has 4 aromatic rings. The highest BCUT2D eigenvalue weighted by molar-refractivity contribution is 5.85. The quantitative estimate of drug-likeness (QED) is 0.395. The molecule has 9 nitrogen and oxygen atoms in total. The van der Waals surface area contributed by atoms with E-state index < -0.39 is 0 Å². The minimum atomic E-state index is -0.00755. The highest BCUT2D eigenvalue weighted by atomic mass is 16.5. The second-order valence-corrected chi connectivity index (χ2v) is 11.9. The lowest BCUT2D eigenvalue weighted by atomic mass is 9.88. The van der Waals surface area contributed by atoms with Gasteiger partial charge in [-0.25, -0.2) is 14.3 Å². The molecule has 39 heavy (non-hydrogen) atoms. The standard InChI is InChI=1S/C30H38N6O3/c1-18(2)24-13-27-26(12-25(24)19-11-28(38-3)29-31-17-32-35(29)14-19)33-30(37)36(27)21-9-7-20(8-10-21)34-15-23-6-4-5-22(34)16-39-23/h11-14,17-18,20-23H,4-10,15-16H2,1-3H3,(H,33,37). The number of aromatic amines is 1. The van der Waals surface area contributed by atoms with Gasteiger partial charge in [0.1, 0.15) is 6.33 Å². The summed E-state index contributed by atoms with van der Waals surface area (Å²) in [5, 5.41) is 4.34. The molecule has 2 unspecified atom stereocenters. The van der Waals surface area contributed by atoms with E-state index >= 15 is 0 Å². The number of imidazole rings is 1. The summed E-state index contributed by atoms with van der Waals surface area (Å²) in [4.78, 5) is 23.6. The number of morpholine rings is 1. The zero-order chi connectivity index (χ0) is 26.7. The summed E-state index contributed by atoms with van der Waals surface area (Å²) in [6.45, 7) is 6.38. The molecule has 1 saturated carbocycles. The van der Waals surface area contributed by atoms with Crippen molar-refractivity contribution < 1.29 is 9.47 Å². The number of nitrogens with one attached hydrogen (secondary N) is 1. The van der Waals surface area contributed by atoms with Crippen molar-refractivity contribution in [3.05, 3.63) is 46.8 Å². The molecule has 4 fully saturated rings. The number of rotatable bonds is 5. The van der Waals surface area contributed by atoms with E-state index in [-0.39, 0.29) is 17.6 Å². The zero-order valence-electron chi connectivity index (χ0n) is 23.1. The molecule has 1 aromatic carbocycles. The molecule has 3 aromatic heterocycles. The van der Waals surface area contributed by atoms with Gasteiger partial charge in [-0.3, -0.25) is 9.47 Å². The van der Waals surface area contributed by atoms with E-state index in [9.17, 15) is 4.79 Å². The Morgan fingerprint density at radius 3 is 2.67 bits per heavy atom. The van der Waals surface area contributed by atoms with E-state index in [0.29, 0.717) is 29.6 Å². The Bertz CT molecular complexity index is 1560. The summed E-state index contributed by atoms with van der Waals surface area (Å²) in [7, 11) is 1.65. The lowest BCUT2D eigenvalue weighted by Gasteiger charge is -2.44. The Kier molecular flexibility index (Phi) is 6.23. The molecule has 6 heterocycles. The number of hydrogen-bond donors (Lipinski definition) is 1. The lowest BCUT2D eigenvalue weighted by Crippen LogP contribution is -2.53. The van der Waals surface area contributed by atoms with Crippen LogP contribution in [0.4, 0.5) is 0 Å². The van der Waals surface area contributed by atoms with Gasteiger partial charge >= 0.3 is 5.69 Å². The van der Waals surface area contributed by atoms with Crippen LogP contribution in [-0.2, 0) is 4.74 Å². The number of hydrogen-bond acceptors (Lipinski definition) is 6. The van der Waals surface area contributed by atoms with Gasteiger partial charge in [0.05, 0.1) is 30.9 Å². The van der Waals surface area contributed by atoms with E-state index in [0.717, 1.165) is 61.0 Å². The second-order valence-electron chi connectivity index (χ2n) is 11.9. The third-order valence-corrected chi connectivity index (χ3v) is 9.35. The average molecular weight is 531 g/mol. The third kappa shape index (κ3) is 4.26. The Morgan fingerprint density at radius 2 is 1.87 bits per heavy atom. The SMILES string of the molecule is COc1cc(-c2cc3[nH]c(=O)n(C4CCC(N5CC6CCCC5CO6)CC4)c3cc2C(C)C)cn2ncnc12. The van der Waals surface area contributed by atoms with E-state index in [4.69, 9.17) is 9.47 Å². The number of H-pyrrole nitrogens is 1. The highest BCUT2D eigenvalue weighted by Crippen LogP contribution is 2.39. The number of ether oxygens (including phenoxy) is 2. The molecule has 0 amide bonds. The molecule has 0 radical (unpaired) electrons. The summed E-state index contributed by atoms with van der Waals surface area (Å²) in [5.41, 5.74) is 5.82. The van der Waals surface area contributed by atoms with Crippen molar-refractivity contribution in [1.82, 2.24) is 29.0 Å². The van der Waals surface area contributed by atoms with Gasteiger partial charge < -0.3 is 14.5 Å². The molecule has 8 rings (SSSR count). The average Bonchev–Trinajstić information content (AvgIpc) is 3.40. The molecule has 3 aliphatic heterocycles. The lowest BCUT2D eigenvalue weighted by molar-refractivity contribution is -0.0726. The van der Waals surface area contributed by atoms with Crippen molar-refractivity contribution in [2.75, 3.05) is 20.3 Å². The number of pyridine rings is 1. The number of nitrogens with zero attached hydrogens (tertiary/aromatic N) is 5. The van der Waals surface area contributed by atoms with Crippen LogP contribution in [0, 0.1) is 0 Å². The van der Waals surface area contributed by atoms with Gasteiger partial charge in [0.25, 0.3) is 0 Å². The fraction of sp³-hybridized carbons (Fsp3) is 0.567. The fourth-order valence-corrected chi connectivity index (χ4v) is 7.35. The maximum atomic E-state index is 13.4. The molecular weight excluding hydrogens is 492 g/mol. The first-order valence-corrected chi connectivity index (χ1v) is 14.5. The van der Waals surface area contributed by atoms with Crippen molar-refractivity contribution in [3.63, 3.8) is 0 Å². The number of benzene rings is 1. The minimum absolute atomic E-state index is 0.00755. The summed E-state index contributed by atoms with van der Waals surface area (Å²) >= 11 is 0. The van der Waals surface area contributed by atoms with Gasteiger partial charge in [-0.2, -0.15) is 5.10 Å². The van der Waals surface area contributed by atoms with Gasteiger partial charge in [0.2, 0.25) is 0 Å². The highest BCUT2D eigenvalue weighted by Gasteiger charge is 2.38. The van der Waals surface area contributed by atoms with Crippen LogP contribution in [-0.4, -0.2) is 67.5 Å². The first kappa shape index (κ1) is 24.8. The van der Waals surface area contributed by atoms with Crippen molar-refractivity contribution in [2.24, 2.45) is 0 Å². The van der Waals surface area contributed by atoms with Crippen LogP contribution >= 0.6 is 0 Å². The smallest absolute Gasteiger partial charge is 0.326 e. The van der Waals surface area contributed by atoms with Crippen LogP contribution in [0.5, 0.6) is 5.75 Å². The molecular formula is C30H38N6O3. The Labute approximate surface area is 228 Å². The Hall–Kier alpha value is -3.17. The maximum absolute atomic E-state index is 13.4. The molecule has 0 spiro atoms. The second kappa shape index (κ2) is 9.78. The van der Waals surface area contributed by atoms with Crippen LogP contribution in [0.1, 0.15) is 76.3 Å². The molecule has 206 valence electrons. The summed E-state index contributed by atoms with van der Waals surface area (Å²) in [6.07, 6.45) is 12.0. The molecule has 2 bridgehead atoms. The van der Waals surface area contributed by atoms with Gasteiger partial charge in [-0.1, -0.05) is 13.8 Å². The summed E-state index contributed by atoms with van der Waals surface area (Å²) < 4.78 is 15.5. The largest absolute Gasteiger partial charge is 0.493 e. The predicted octanol–water partition coefficient (Wildman–Crippen LogP) is 4.91. The van der Waals surface area contributed by atoms with Crippen LogP contribution in [0.25, 0.3) is 27.8 Å². The zero-order valence-corrected chi connectivity index (χ0v) is 23.1. The van der Waals surface area contributed by atoms with Crippen molar-refractivity contribution in [2.45, 2.75) is 88.9 Å². The summed E-state index contributed by atoms with van der Waals surface area (Å²) in [6, 6.07) is 7.76. The first-order chi connectivity index (χ1) is 19.0. The van der Waals surface area contributed by atoms with Crippen LogP contribution < -0.4 is 10.4 Å². The van der Waals surface area contributed by atoms with E-state index in [1.165, 1.54) is 31.2 Å². The number of methoxy groups -OCH3 is 1. The van der Waals surface area contributed by atoms with Crippen LogP contribution in [0.3, 0.4) is 0 Å². The number of fused-ring (bicyclic) bond motifs is 6. The normalized spacial score (nSPS) is 26.1. The Morgan fingerprint density at radius 1 is 1.05 bits per heavy atom. The van der Waals surface area contributed by atoms with Gasteiger partial charge in [-0.05, 0) is 80.2 Å². The molecule has 2 atom stereocenters. The molecule has 4 aliphatic rings. The monoisotopic (exact) mass is 530 g/mol. The number of aromatic nitrogens is 5. The van der Waals surface area contributed by atoms with Crippen molar-refractivity contribution in [1.29, 1.82) is 0 Å². The van der Waals surface area contributed by atoms with Gasteiger partial charge in [0, 0.05) is 36.4 Å². The van der Waals surface area contributed by atoms with E-state index in [2.05, 4.69) is 45.9 Å². The van der Waals surface area contributed by atoms with Crippen LogP contribution in [0.15, 0.2) is 35.5 Å². The van der Waals surface area contributed by atoms with Crippen molar-refractivity contribution >= 4 is 16.7 Å². The maximum Gasteiger partial charge on any atom is 0.326 e. The van der Waals surface area contributed by atoms with Crippen molar-refractivity contribution in [3.8, 4) is 16.9 Å². The minimum Gasteiger partial charge on any atom is -0.493 e. The van der Waals surface area contributed by atoms with Crippen LogP contribution in [0.2, 0.25) is 0 Å². The third-order valence-electron chi connectivity index (χ3n) is 9.35. The molecule has 3 saturated heterocycles. The fourth-order valence-electron chi connectivity index (χ4n) is 7.35. The Balaban J connectivity index is 1.21.